The number of anilines is 2. The van der Waals surface area contributed by atoms with Crippen LogP contribution in [0.2, 0.25) is 0 Å². The van der Waals surface area contributed by atoms with E-state index in [1.165, 1.54) is 0 Å². The van der Waals surface area contributed by atoms with Crippen molar-refractivity contribution < 1.29 is 4.79 Å². The number of nitrogen functional groups attached to an aromatic ring is 1. The predicted octanol–water partition coefficient (Wildman–Crippen LogP) is 2.85. The molecular formula is C23H22N6O. The van der Waals surface area contributed by atoms with Crippen molar-refractivity contribution in [3.8, 4) is 11.1 Å². The second-order valence-electron chi connectivity index (χ2n) is 7.35. The van der Waals surface area contributed by atoms with E-state index in [-0.39, 0.29) is 11.6 Å². The van der Waals surface area contributed by atoms with Crippen LogP contribution in [0.1, 0.15) is 16.1 Å². The number of rotatable bonds is 4. The number of ketones is 1. The zero-order valence-corrected chi connectivity index (χ0v) is 16.4. The predicted molar refractivity (Wildman–Crippen MR) is 119 cm³/mol. The highest BCUT2D eigenvalue weighted by Crippen LogP contribution is 2.30. The summed E-state index contributed by atoms with van der Waals surface area (Å²) in [5, 5.41) is 4.39. The number of nitrogens with one attached hydrogen (secondary N) is 2. The largest absolute Gasteiger partial charge is 0.383 e. The Morgan fingerprint density at radius 2 is 1.90 bits per heavy atom. The number of benzene rings is 1. The van der Waals surface area contributed by atoms with Gasteiger partial charge in [0.05, 0.1) is 5.56 Å². The molecular weight excluding hydrogens is 376 g/mol. The van der Waals surface area contributed by atoms with E-state index in [2.05, 4.69) is 25.2 Å². The normalized spacial score (nSPS) is 14.2. The molecule has 1 fully saturated rings. The van der Waals surface area contributed by atoms with E-state index in [1.807, 2.05) is 42.6 Å². The van der Waals surface area contributed by atoms with Gasteiger partial charge in [0.25, 0.3) is 0 Å². The summed E-state index contributed by atoms with van der Waals surface area (Å²) in [6, 6.07) is 15.4. The molecule has 1 aliphatic rings. The summed E-state index contributed by atoms with van der Waals surface area (Å²) in [5.41, 5.74) is 9.67. The number of carbonyl (C=O) groups is 1. The number of aromatic nitrogens is 3. The molecule has 1 saturated heterocycles. The molecule has 1 aromatic carbocycles. The van der Waals surface area contributed by atoms with E-state index in [4.69, 9.17) is 5.73 Å². The minimum Gasteiger partial charge on any atom is -0.383 e. The van der Waals surface area contributed by atoms with Gasteiger partial charge >= 0.3 is 0 Å². The highest BCUT2D eigenvalue weighted by atomic mass is 16.1. The first-order chi connectivity index (χ1) is 14.7. The van der Waals surface area contributed by atoms with E-state index < -0.39 is 0 Å². The second-order valence-corrected chi connectivity index (χ2v) is 7.35. The molecule has 0 radical (unpaired) electrons. The van der Waals surface area contributed by atoms with Crippen molar-refractivity contribution in [3.63, 3.8) is 0 Å². The molecule has 0 bridgehead atoms. The summed E-state index contributed by atoms with van der Waals surface area (Å²) in [6.45, 7) is 3.54. The number of carbonyl (C=O) groups excluding carboxylic acids is 1. The Morgan fingerprint density at radius 3 is 2.77 bits per heavy atom. The van der Waals surface area contributed by atoms with Gasteiger partial charge in [-0.05, 0) is 24.3 Å². The summed E-state index contributed by atoms with van der Waals surface area (Å²) in [4.78, 5) is 27.6. The van der Waals surface area contributed by atoms with Gasteiger partial charge in [-0.2, -0.15) is 0 Å². The van der Waals surface area contributed by atoms with Crippen LogP contribution in [0.5, 0.6) is 0 Å². The standard InChI is InChI=1S/C23H22N6O/c24-23-17(12-15(13-27-23)18-14-26-19-5-2-1-4-16(18)19)22(30)20-6-3-7-21(28-20)29-10-8-25-9-11-29/h1-7,12-14,25-26H,8-11H2,(H2,24,27). The van der Waals surface area contributed by atoms with Crippen molar-refractivity contribution in [3.05, 3.63) is 72.2 Å². The molecule has 5 rings (SSSR count). The number of pyridine rings is 2. The molecule has 30 heavy (non-hydrogen) atoms. The van der Waals surface area contributed by atoms with Gasteiger partial charge in [-0.25, -0.2) is 9.97 Å². The van der Waals surface area contributed by atoms with Gasteiger partial charge in [0.1, 0.15) is 17.3 Å². The van der Waals surface area contributed by atoms with E-state index >= 15 is 0 Å². The number of hydrogen-bond donors (Lipinski definition) is 3. The van der Waals surface area contributed by atoms with Crippen LogP contribution in [0.15, 0.2) is 60.9 Å². The van der Waals surface area contributed by atoms with E-state index in [9.17, 15) is 4.79 Å². The van der Waals surface area contributed by atoms with Crippen molar-refractivity contribution in [1.29, 1.82) is 0 Å². The first kappa shape index (κ1) is 18.3. The molecule has 4 N–H and O–H groups in total. The topological polar surface area (TPSA) is 99.9 Å². The fraction of sp³-hybridized carbons (Fsp3) is 0.174. The molecule has 0 saturated carbocycles. The van der Waals surface area contributed by atoms with Crippen molar-refractivity contribution in [2.75, 3.05) is 36.8 Å². The first-order valence-electron chi connectivity index (χ1n) is 10.00. The molecule has 1 aliphatic heterocycles. The van der Waals surface area contributed by atoms with Crippen LogP contribution in [0.25, 0.3) is 22.0 Å². The average Bonchev–Trinajstić information content (AvgIpc) is 3.24. The molecule has 7 heteroatoms. The Morgan fingerprint density at radius 1 is 1.07 bits per heavy atom. The first-order valence-corrected chi connectivity index (χ1v) is 10.00. The fourth-order valence-electron chi connectivity index (χ4n) is 3.87. The number of H-pyrrole nitrogens is 1. The number of aromatic amines is 1. The molecule has 0 amide bonds. The van der Waals surface area contributed by atoms with Gasteiger partial charge in [-0.3, -0.25) is 4.79 Å². The minimum absolute atomic E-state index is 0.206. The van der Waals surface area contributed by atoms with E-state index in [0.29, 0.717) is 11.3 Å². The van der Waals surface area contributed by atoms with Gasteiger partial charge in [0, 0.05) is 60.6 Å². The van der Waals surface area contributed by atoms with E-state index in [1.54, 1.807) is 18.3 Å². The fourth-order valence-corrected chi connectivity index (χ4v) is 3.87. The third-order valence-electron chi connectivity index (χ3n) is 5.47. The van der Waals surface area contributed by atoms with Crippen molar-refractivity contribution in [1.82, 2.24) is 20.3 Å². The van der Waals surface area contributed by atoms with Gasteiger partial charge in [-0.15, -0.1) is 0 Å². The average molecular weight is 398 g/mol. The molecule has 150 valence electrons. The lowest BCUT2D eigenvalue weighted by molar-refractivity contribution is 0.103. The highest BCUT2D eigenvalue weighted by Gasteiger charge is 2.19. The monoisotopic (exact) mass is 398 g/mol. The Balaban J connectivity index is 1.51. The van der Waals surface area contributed by atoms with Gasteiger partial charge < -0.3 is 20.9 Å². The third kappa shape index (κ3) is 3.29. The highest BCUT2D eigenvalue weighted by molar-refractivity contribution is 6.11. The van der Waals surface area contributed by atoms with Gasteiger partial charge in [-0.1, -0.05) is 24.3 Å². The summed E-state index contributed by atoms with van der Waals surface area (Å²) in [6.07, 6.45) is 3.63. The molecule has 0 aliphatic carbocycles. The number of piperazine rings is 1. The number of nitrogens with zero attached hydrogens (tertiary/aromatic N) is 3. The minimum atomic E-state index is -0.223. The summed E-state index contributed by atoms with van der Waals surface area (Å²) < 4.78 is 0. The lowest BCUT2D eigenvalue weighted by atomic mass is 10.0. The molecule has 4 heterocycles. The van der Waals surface area contributed by atoms with Crippen molar-refractivity contribution in [2.24, 2.45) is 0 Å². The van der Waals surface area contributed by atoms with Crippen molar-refractivity contribution >= 4 is 28.3 Å². The van der Waals surface area contributed by atoms with Crippen LogP contribution >= 0.6 is 0 Å². The molecule has 7 nitrogen and oxygen atoms in total. The number of nitrogens with two attached hydrogens (primary N) is 1. The van der Waals surface area contributed by atoms with Crippen LogP contribution in [0, 0.1) is 0 Å². The summed E-state index contributed by atoms with van der Waals surface area (Å²) >= 11 is 0. The third-order valence-corrected chi connectivity index (χ3v) is 5.47. The maximum absolute atomic E-state index is 13.3. The van der Waals surface area contributed by atoms with Crippen LogP contribution in [0.4, 0.5) is 11.6 Å². The van der Waals surface area contributed by atoms with E-state index in [0.717, 1.165) is 54.0 Å². The lowest BCUT2D eigenvalue weighted by Gasteiger charge is -2.28. The Bertz CT molecular complexity index is 1230. The van der Waals surface area contributed by atoms with Gasteiger partial charge in [0.15, 0.2) is 0 Å². The SMILES string of the molecule is Nc1ncc(-c2c[nH]c3ccccc23)cc1C(=O)c1cccc(N2CCNCC2)n1. The molecule has 4 aromatic rings. The molecule has 3 aromatic heterocycles. The second kappa shape index (κ2) is 7.61. The summed E-state index contributed by atoms with van der Waals surface area (Å²) in [5.74, 6) is 0.790. The number of para-hydroxylation sites is 1. The lowest BCUT2D eigenvalue weighted by Crippen LogP contribution is -2.44. The summed E-state index contributed by atoms with van der Waals surface area (Å²) in [7, 11) is 0. The zero-order valence-electron chi connectivity index (χ0n) is 16.4. The quantitative estimate of drug-likeness (QED) is 0.457. The zero-order chi connectivity index (χ0) is 20.5. The van der Waals surface area contributed by atoms with Crippen LogP contribution < -0.4 is 16.0 Å². The van der Waals surface area contributed by atoms with Crippen LogP contribution in [-0.4, -0.2) is 46.9 Å². The Kier molecular flexibility index (Phi) is 4.65. The molecule has 0 atom stereocenters. The smallest absolute Gasteiger partial charge is 0.215 e. The maximum atomic E-state index is 13.3. The Labute approximate surface area is 174 Å². The van der Waals surface area contributed by atoms with Crippen LogP contribution in [-0.2, 0) is 0 Å². The molecule has 0 spiro atoms. The van der Waals surface area contributed by atoms with Crippen LogP contribution in [0.3, 0.4) is 0 Å². The number of fused-ring (bicyclic) bond motifs is 1. The van der Waals surface area contributed by atoms with Gasteiger partial charge in [0.2, 0.25) is 5.78 Å². The Hall–Kier alpha value is -3.71. The number of hydrogen-bond acceptors (Lipinski definition) is 6. The maximum Gasteiger partial charge on any atom is 0.215 e. The molecule has 0 unspecified atom stereocenters. The van der Waals surface area contributed by atoms with Crippen molar-refractivity contribution in [2.45, 2.75) is 0 Å².